The van der Waals surface area contributed by atoms with Crippen LogP contribution in [0.15, 0.2) is 0 Å². The van der Waals surface area contributed by atoms with Crippen LogP contribution in [0, 0.1) is 44.3 Å². The first-order valence-corrected chi connectivity index (χ1v) is 49.0. The van der Waals surface area contributed by atoms with Crippen LogP contribution < -0.4 is 43.0 Å². The van der Waals surface area contributed by atoms with Gasteiger partial charge in [-0.1, -0.05) is 27.7 Å². The van der Waals surface area contributed by atoms with Crippen LogP contribution in [0.25, 0.3) is 0 Å². The summed E-state index contributed by atoms with van der Waals surface area (Å²) in [6.07, 6.45) is -14.9. The van der Waals surface area contributed by atoms with Crippen molar-refractivity contribution in [3.05, 3.63) is 0 Å². The molecule has 12 unspecified atom stereocenters. The number of rotatable bonds is 82. The maximum absolute atomic E-state index is 13.9. The summed E-state index contributed by atoms with van der Waals surface area (Å²) in [5.74, 6) is -8.94. The average molecular weight is 2180 g/mol. The largest absolute Gasteiger partial charge is 0.508 e. The predicted octanol–water partition coefficient (Wildman–Crippen LogP) is -0.355. The van der Waals surface area contributed by atoms with E-state index >= 15 is 0 Å². The second kappa shape index (κ2) is 76.0. The minimum absolute atomic E-state index is 0.00855. The highest BCUT2D eigenvalue weighted by Crippen LogP contribution is 2.29. The molecule has 0 aliphatic carbocycles. The molecule has 0 aromatic rings. The number of alkyl carbamates (subject to hydrolysis) is 1. The molecule has 0 fully saturated rings. The van der Waals surface area contributed by atoms with Gasteiger partial charge in [-0.15, -0.1) is 0 Å². The molecular formula is C94H166N8O48. The number of aliphatic hydroxyl groups is 6. The molecule has 150 heavy (non-hydrogen) atoms. The van der Waals surface area contributed by atoms with E-state index < -0.39 is 289 Å². The Morgan fingerprint density at radius 2 is 0.540 bits per heavy atom. The van der Waals surface area contributed by atoms with Crippen molar-refractivity contribution in [3.63, 3.8) is 0 Å². The molecule has 0 radical (unpaired) electrons. The quantitative estimate of drug-likeness (QED) is 0.0210. The van der Waals surface area contributed by atoms with Gasteiger partial charge in [-0.3, -0.25) is 38.4 Å². The number of aliphatic hydroxyl groups excluding tert-OH is 6. The number of hydrogen-bond donors (Lipinski definition) is 14. The molecular weight excluding hydrogens is 2010 g/mol. The minimum Gasteiger partial charge on any atom is -0.465 e. The second-order valence-electron chi connectivity index (χ2n) is 38.7. The first-order chi connectivity index (χ1) is 70.4. The standard InChI is InChI=1S/C94H166N8O48/c1-20-131-76(114)91(16,55-141-81(119)137-45-63(3)4)57-143-85(123)147-61-93(18,59-145-83(121)139-53-89(14,51-103)74(112)133-47-66(105)41-96-23-29-126-35-34-125-28-22-95)78(116)135-49-68(107)43-98-24-30-127-36-37-128-31-25-99-44-69(108)50-136-79(117)94(19,62-148-86(124)144-58-92(17,77(115)132-21-2)56-142-82(120)138-46-64(5)6)60-146-84(122)140-54-90(15,52-104)75(113)134-48-67(106)42-97-26-32-129-38-39-130-33-27-100-71(109)40-70(73(111)149-87(8,9)10)102-72(110)65(7)101-80(118)150-88(11,12)13/h63-70,96-99,103-108H,20-62,95H2,1-19H3,(H,100,109)(H,101,118)(H,102,110). The van der Waals surface area contributed by atoms with Crippen molar-refractivity contribution in [2.45, 2.75) is 186 Å². The number of hydrogen-bond acceptors (Lipinski definition) is 53. The van der Waals surface area contributed by atoms with Gasteiger partial charge in [0.2, 0.25) is 11.8 Å². The van der Waals surface area contributed by atoms with Crippen LogP contribution in [0.1, 0.15) is 138 Å². The summed E-state index contributed by atoms with van der Waals surface area (Å²) in [4.78, 5) is 209. The van der Waals surface area contributed by atoms with Gasteiger partial charge < -0.3 is 197 Å². The summed E-state index contributed by atoms with van der Waals surface area (Å²) in [6.45, 7) is 17.7. The van der Waals surface area contributed by atoms with E-state index in [1.165, 1.54) is 41.5 Å². The Kier molecular flexibility index (Phi) is 70.7. The summed E-state index contributed by atoms with van der Waals surface area (Å²) in [6, 6.07) is -2.55. The molecule has 0 aromatic carbocycles. The van der Waals surface area contributed by atoms with Gasteiger partial charge in [0.25, 0.3) is 0 Å². The third-order valence-corrected chi connectivity index (χ3v) is 19.7. The number of nitrogens with one attached hydrogen (secondary N) is 7. The molecule has 0 aliphatic rings. The molecule has 15 N–H and O–H groups in total. The minimum atomic E-state index is -2.15. The number of carbonyl (C=O) groups excluding carboxylic acids is 16. The van der Waals surface area contributed by atoms with Crippen molar-refractivity contribution in [1.29, 1.82) is 0 Å². The van der Waals surface area contributed by atoms with E-state index in [4.69, 9.17) is 129 Å². The molecule has 0 heterocycles. The summed E-state index contributed by atoms with van der Waals surface area (Å²) < 4.78 is 137. The first kappa shape index (κ1) is 139. The van der Waals surface area contributed by atoms with Crippen molar-refractivity contribution in [2.75, 3.05) is 277 Å². The Labute approximate surface area is 873 Å². The topological polar surface area (TPSA) is 745 Å². The molecule has 0 aliphatic heterocycles. The fourth-order valence-electron chi connectivity index (χ4n) is 10.7. The van der Waals surface area contributed by atoms with Gasteiger partial charge in [0, 0.05) is 65.4 Å². The van der Waals surface area contributed by atoms with Crippen molar-refractivity contribution in [2.24, 2.45) is 50.1 Å². The Bertz CT molecular complexity index is 3950. The van der Waals surface area contributed by atoms with Crippen LogP contribution in [0.3, 0.4) is 0 Å². The number of amides is 3. The number of nitrogens with two attached hydrogens (primary N) is 1. The van der Waals surface area contributed by atoms with Crippen LogP contribution in [-0.4, -0.2) is 452 Å². The SMILES string of the molecule is CCOC(=O)C(C)(COC(=O)OCC(C)C)COC(=O)OCC(C)(COC(=O)OCC(C)(CO)C(=O)OCC(O)CNCCOCCOCCN)C(=O)OCC(O)CNCCOCCOCCNCC(O)COC(=O)C(C)(COC(=O)OCC(C)(CO)C(=O)OCC(O)CNCCOCCOCCNC(=O)CC(NC(=O)C(C)NC(=O)OC(C)(C)C)C(=O)OC(C)(C)C)COC(=O)OCC(C)(COC(=O)OCC(C)C)C(=O)OCC. The van der Waals surface area contributed by atoms with Crippen LogP contribution in [0.4, 0.5) is 33.6 Å². The van der Waals surface area contributed by atoms with Crippen molar-refractivity contribution in [3.8, 4) is 0 Å². The predicted molar refractivity (Wildman–Crippen MR) is 517 cm³/mol. The highest BCUT2D eigenvalue weighted by Gasteiger charge is 2.47. The smallest absolute Gasteiger partial charge is 0.465 e. The van der Waals surface area contributed by atoms with E-state index in [1.807, 2.05) is 0 Å². The van der Waals surface area contributed by atoms with E-state index in [9.17, 15) is 107 Å². The van der Waals surface area contributed by atoms with E-state index in [0.29, 0.717) is 32.9 Å². The zero-order valence-electron chi connectivity index (χ0n) is 89.9. The lowest BCUT2D eigenvalue weighted by molar-refractivity contribution is -0.167. The zero-order valence-corrected chi connectivity index (χ0v) is 89.9. The molecule has 0 saturated heterocycles. The third kappa shape index (κ3) is 65.6. The monoisotopic (exact) mass is 2180 g/mol. The zero-order chi connectivity index (χ0) is 114. The lowest BCUT2D eigenvalue weighted by Gasteiger charge is -2.28. The lowest BCUT2D eigenvalue weighted by Crippen LogP contribution is -2.53. The van der Waals surface area contributed by atoms with E-state index in [0.717, 1.165) is 20.8 Å². The summed E-state index contributed by atoms with van der Waals surface area (Å²) >= 11 is 0. The molecule has 56 nitrogen and oxygen atoms in total. The Morgan fingerprint density at radius 1 is 0.293 bits per heavy atom. The first-order valence-electron chi connectivity index (χ1n) is 49.0. The van der Waals surface area contributed by atoms with E-state index in [2.05, 4.69) is 37.2 Å². The van der Waals surface area contributed by atoms with Gasteiger partial charge in [0.1, 0.15) is 173 Å². The molecule has 0 rings (SSSR count). The van der Waals surface area contributed by atoms with Gasteiger partial charge in [0.05, 0.1) is 125 Å². The molecule has 0 aromatic heterocycles. The lowest BCUT2D eigenvalue weighted by atomic mass is 9.93. The summed E-state index contributed by atoms with van der Waals surface area (Å²) in [5.41, 5.74) is -8.20. The number of carbonyl (C=O) groups is 16. The normalized spacial score (nSPS) is 15.1. The Hall–Kier alpha value is -10.6. The van der Waals surface area contributed by atoms with Crippen molar-refractivity contribution >= 4 is 96.6 Å². The molecule has 0 bridgehead atoms. The van der Waals surface area contributed by atoms with Gasteiger partial charge >= 0.3 is 84.8 Å². The number of ether oxygens (including phenoxy) is 26. The molecule has 56 heteroatoms. The number of esters is 7. The van der Waals surface area contributed by atoms with E-state index in [-0.39, 0.29) is 150 Å². The van der Waals surface area contributed by atoms with Crippen LogP contribution in [0.5, 0.6) is 0 Å². The van der Waals surface area contributed by atoms with Gasteiger partial charge in [-0.25, -0.2) is 38.4 Å². The highest BCUT2D eigenvalue weighted by molar-refractivity contribution is 5.92. The van der Waals surface area contributed by atoms with Crippen LogP contribution >= 0.6 is 0 Å². The fourth-order valence-corrected chi connectivity index (χ4v) is 10.7. The molecule has 3 amide bonds. The summed E-state index contributed by atoms with van der Waals surface area (Å²) in [5, 5.41) is 82.1. The molecule has 0 spiro atoms. The van der Waals surface area contributed by atoms with Gasteiger partial charge in [-0.2, -0.15) is 0 Å². The van der Waals surface area contributed by atoms with Gasteiger partial charge in [0.15, 0.2) is 0 Å². The van der Waals surface area contributed by atoms with E-state index in [1.54, 1.807) is 69.2 Å². The Morgan fingerprint density at radius 3 is 0.793 bits per heavy atom. The fraction of sp³-hybridized carbons (Fsp3) is 0.830. The van der Waals surface area contributed by atoms with Crippen molar-refractivity contribution in [1.82, 2.24) is 37.2 Å². The van der Waals surface area contributed by atoms with Gasteiger partial charge in [-0.05, 0) is 116 Å². The second-order valence-corrected chi connectivity index (χ2v) is 38.7. The van der Waals surface area contributed by atoms with Crippen LogP contribution in [-0.2, 0) is 166 Å². The summed E-state index contributed by atoms with van der Waals surface area (Å²) in [7, 11) is 0. The molecule has 0 saturated carbocycles. The maximum Gasteiger partial charge on any atom is 0.508 e. The average Bonchev–Trinajstić information content (AvgIpc) is 0.829. The molecule has 12 atom stereocenters. The highest BCUT2D eigenvalue weighted by atomic mass is 16.8. The van der Waals surface area contributed by atoms with Crippen LogP contribution in [0.2, 0.25) is 0 Å². The Balaban J connectivity index is 5.78. The maximum atomic E-state index is 13.9. The molecule has 870 valence electrons. The van der Waals surface area contributed by atoms with Crippen molar-refractivity contribution < 1.29 is 231 Å². The third-order valence-electron chi connectivity index (χ3n) is 19.7.